The molecule has 8 nitrogen and oxygen atoms in total. The smallest absolute Gasteiger partial charge is 0.454 e. The molecule has 0 radical (unpaired) electrons. The Labute approximate surface area is 152 Å². The Hall–Kier alpha value is -2.64. The van der Waals surface area contributed by atoms with Crippen LogP contribution >= 0.6 is 0 Å². The lowest BCUT2D eigenvalue weighted by Gasteiger charge is -2.27. The fourth-order valence-corrected chi connectivity index (χ4v) is 2.58. The van der Waals surface area contributed by atoms with Gasteiger partial charge in [0.15, 0.2) is 11.5 Å². The van der Waals surface area contributed by atoms with E-state index >= 15 is 0 Å². The van der Waals surface area contributed by atoms with Crippen molar-refractivity contribution in [1.82, 2.24) is 4.90 Å². The lowest BCUT2D eigenvalue weighted by molar-refractivity contribution is -0.0340. The van der Waals surface area contributed by atoms with Crippen molar-refractivity contribution in [3.05, 3.63) is 23.8 Å². The largest absolute Gasteiger partial charge is 0.511 e. The van der Waals surface area contributed by atoms with Gasteiger partial charge in [0.1, 0.15) is 0 Å². The van der Waals surface area contributed by atoms with Crippen molar-refractivity contribution in [3.8, 4) is 11.5 Å². The van der Waals surface area contributed by atoms with E-state index in [1.807, 2.05) is 32.0 Å². The predicted molar refractivity (Wildman–Crippen MR) is 92.2 cm³/mol. The zero-order valence-electron chi connectivity index (χ0n) is 15.5. The van der Waals surface area contributed by atoms with Gasteiger partial charge in [0.05, 0.1) is 6.10 Å². The topological polar surface area (TPSA) is 83.5 Å². The van der Waals surface area contributed by atoms with E-state index in [1.165, 1.54) is 0 Å². The maximum Gasteiger partial charge on any atom is 0.511 e. The lowest BCUT2D eigenvalue weighted by Crippen LogP contribution is -2.40. The Morgan fingerprint density at radius 1 is 1.15 bits per heavy atom. The van der Waals surface area contributed by atoms with Crippen LogP contribution in [0, 0.1) is 0 Å². The summed E-state index contributed by atoms with van der Waals surface area (Å²) in [7, 11) is 0. The van der Waals surface area contributed by atoms with Crippen molar-refractivity contribution >= 4 is 12.2 Å². The monoisotopic (exact) mass is 367 g/mol. The van der Waals surface area contributed by atoms with Crippen molar-refractivity contribution in [2.45, 2.75) is 46.3 Å². The molecule has 1 atom stereocenters. The number of benzene rings is 1. The third-order valence-corrected chi connectivity index (χ3v) is 3.77. The number of carbonyl (C=O) groups is 2. The van der Waals surface area contributed by atoms with Crippen molar-refractivity contribution in [2.24, 2.45) is 0 Å². The first-order valence-corrected chi connectivity index (χ1v) is 8.56. The number of hydrogen-bond acceptors (Lipinski definition) is 7. The third-order valence-electron chi connectivity index (χ3n) is 3.77. The number of rotatable bonds is 7. The zero-order valence-corrected chi connectivity index (χ0v) is 15.5. The van der Waals surface area contributed by atoms with Gasteiger partial charge in [-0.1, -0.05) is 6.07 Å². The second-order valence-corrected chi connectivity index (χ2v) is 6.12. The number of carbonyl (C=O) groups excluding carboxylic acids is 2. The second-order valence-electron chi connectivity index (χ2n) is 6.12. The van der Waals surface area contributed by atoms with Crippen LogP contribution in [0.15, 0.2) is 18.2 Å². The molecule has 26 heavy (non-hydrogen) atoms. The molecule has 1 heterocycles. The molecule has 0 saturated carbocycles. The summed E-state index contributed by atoms with van der Waals surface area (Å²) >= 11 is 0. The molecule has 0 fully saturated rings. The van der Waals surface area contributed by atoms with E-state index in [9.17, 15) is 9.59 Å². The van der Waals surface area contributed by atoms with Gasteiger partial charge in [-0.15, -0.1) is 0 Å². The summed E-state index contributed by atoms with van der Waals surface area (Å²) in [5, 5.41) is 0. The Bertz CT molecular complexity index is 632. The van der Waals surface area contributed by atoms with Crippen LogP contribution in [-0.2, 0) is 20.6 Å². The molecule has 0 spiro atoms. The van der Waals surface area contributed by atoms with E-state index in [4.69, 9.17) is 23.7 Å². The van der Waals surface area contributed by atoms with E-state index in [2.05, 4.69) is 0 Å². The SMILES string of the molecule is CCN(C(=O)OCOC(=O)OC(C)C)C(C)Cc1ccc2c(c1)OCO2. The number of amides is 1. The quantitative estimate of drug-likeness (QED) is 0.540. The van der Waals surface area contributed by atoms with E-state index in [1.54, 1.807) is 18.7 Å². The molecule has 1 unspecified atom stereocenters. The number of fused-ring (bicyclic) bond motifs is 1. The fourth-order valence-electron chi connectivity index (χ4n) is 2.58. The highest BCUT2D eigenvalue weighted by molar-refractivity contribution is 5.68. The highest BCUT2D eigenvalue weighted by Crippen LogP contribution is 2.33. The van der Waals surface area contributed by atoms with Crippen LogP contribution in [0.1, 0.15) is 33.3 Å². The molecule has 1 aromatic rings. The van der Waals surface area contributed by atoms with Gasteiger partial charge < -0.3 is 28.6 Å². The van der Waals surface area contributed by atoms with Crippen LogP contribution in [0.4, 0.5) is 9.59 Å². The maximum absolute atomic E-state index is 12.2. The Morgan fingerprint density at radius 3 is 2.58 bits per heavy atom. The van der Waals surface area contributed by atoms with Gasteiger partial charge in [-0.25, -0.2) is 9.59 Å². The lowest BCUT2D eigenvalue weighted by atomic mass is 10.1. The fraction of sp³-hybridized carbons (Fsp3) is 0.556. The van der Waals surface area contributed by atoms with Crippen molar-refractivity contribution in [2.75, 3.05) is 20.1 Å². The summed E-state index contributed by atoms with van der Waals surface area (Å²) in [4.78, 5) is 25.1. The van der Waals surface area contributed by atoms with E-state index < -0.39 is 19.0 Å². The minimum atomic E-state index is -0.871. The number of ether oxygens (including phenoxy) is 5. The summed E-state index contributed by atoms with van der Waals surface area (Å²) in [6.45, 7) is 7.36. The molecular formula is C18H25NO7. The molecule has 1 aliphatic heterocycles. The molecule has 0 saturated heterocycles. The van der Waals surface area contributed by atoms with Crippen LogP contribution < -0.4 is 9.47 Å². The van der Waals surface area contributed by atoms with E-state index in [0.717, 1.165) is 11.3 Å². The highest BCUT2D eigenvalue weighted by Gasteiger charge is 2.22. The maximum atomic E-state index is 12.2. The summed E-state index contributed by atoms with van der Waals surface area (Å²) < 4.78 is 25.2. The molecule has 8 heteroatoms. The Balaban J connectivity index is 1.84. The Kier molecular flexibility index (Phi) is 6.94. The molecular weight excluding hydrogens is 342 g/mol. The third kappa shape index (κ3) is 5.44. The summed E-state index contributed by atoms with van der Waals surface area (Å²) in [5.74, 6) is 1.43. The van der Waals surface area contributed by atoms with E-state index in [-0.39, 0.29) is 18.9 Å². The second kappa shape index (κ2) is 9.17. The van der Waals surface area contributed by atoms with Crippen LogP contribution in [0.2, 0.25) is 0 Å². The summed E-state index contributed by atoms with van der Waals surface area (Å²) in [6.07, 6.45) is -1.11. The first kappa shape index (κ1) is 19.7. The number of hydrogen-bond donors (Lipinski definition) is 0. The minimum absolute atomic E-state index is 0.115. The average molecular weight is 367 g/mol. The first-order chi connectivity index (χ1) is 12.4. The molecule has 1 amide bonds. The average Bonchev–Trinajstić information content (AvgIpc) is 3.02. The molecule has 1 aliphatic rings. The summed E-state index contributed by atoms with van der Waals surface area (Å²) in [5.41, 5.74) is 1.02. The van der Waals surface area contributed by atoms with Gasteiger partial charge in [-0.05, 0) is 51.8 Å². The first-order valence-electron chi connectivity index (χ1n) is 8.56. The molecule has 1 aromatic carbocycles. The van der Waals surface area contributed by atoms with Crippen LogP contribution in [0.5, 0.6) is 11.5 Å². The zero-order chi connectivity index (χ0) is 19.1. The molecule has 0 aromatic heterocycles. The molecule has 2 rings (SSSR count). The number of nitrogens with zero attached hydrogens (tertiary/aromatic N) is 1. The van der Waals surface area contributed by atoms with Crippen molar-refractivity contribution in [3.63, 3.8) is 0 Å². The Morgan fingerprint density at radius 2 is 1.88 bits per heavy atom. The van der Waals surface area contributed by atoms with Gasteiger partial charge >= 0.3 is 12.2 Å². The van der Waals surface area contributed by atoms with Gasteiger partial charge in [-0.2, -0.15) is 0 Å². The van der Waals surface area contributed by atoms with Crippen LogP contribution in [0.25, 0.3) is 0 Å². The molecule has 0 aliphatic carbocycles. The summed E-state index contributed by atoms with van der Waals surface area (Å²) in [6, 6.07) is 5.58. The van der Waals surface area contributed by atoms with Crippen LogP contribution in [0.3, 0.4) is 0 Å². The van der Waals surface area contributed by atoms with Crippen LogP contribution in [-0.4, -0.2) is 49.4 Å². The molecule has 0 bridgehead atoms. The predicted octanol–water partition coefficient (Wildman–Crippen LogP) is 3.32. The van der Waals surface area contributed by atoms with Gasteiger partial charge in [0, 0.05) is 12.6 Å². The molecule has 144 valence electrons. The highest BCUT2D eigenvalue weighted by atomic mass is 16.8. The normalized spacial score (nSPS) is 13.3. The number of likely N-dealkylation sites (N-methyl/N-ethyl adjacent to an activating group) is 1. The van der Waals surface area contributed by atoms with Gasteiger partial charge in [0.2, 0.25) is 13.6 Å². The van der Waals surface area contributed by atoms with Crippen molar-refractivity contribution in [1.29, 1.82) is 0 Å². The standard InChI is InChI=1S/C18H25NO7/c1-5-19(17(20)24-11-25-18(21)26-12(2)3)13(4)8-14-6-7-15-16(9-14)23-10-22-15/h6-7,9,12-13H,5,8,10-11H2,1-4H3. The van der Waals surface area contributed by atoms with Gasteiger partial charge in [-0.3, -0.25) is 0 Å². The minimum Gasteiger partial charge on any atom is -0.454 e. The van der Waals surface area contributed by atoms with E-state index in [0.29, 0.717) is 18.7 Å². The van der Waals surface area contributed by atoms with Crippen molar-refractivity contribution < 1.29 is 33.3 Å². The van der Waals surface area contributed by atoms with Gasteiger partial charge in [0.25, 0.3) is 0 Å². The molecule has 0 N–H and O–H groups in total.